The monoisotopic (exact) mass is 236 g/mol. The van der Waals surface area contributed by atoms with E-state index in [-0.39, 0.29) is 11.6 Å². The van der Waals surface area contributed by atoms with Crippen LogP contribution in [-0.4, -0.2) is 5.11 Å². The van der Waals surface area contributed by atoms with Crippen molar-refractivity contribution < 1.29 is 13.9 Å². The minimum Gasteiger partial charge on any atom is -0.505 e. The number of phenols is 1. The second kappa shape index (κ2) is 4.32. The quantitative estimate of drug-likeness (QED) is 0.837. The summed E-state index contributed by atoms with van der Waals surface area (Å²) in [6, 6.07) is 4.28. The number of hydrogen-bond donors (Lipinski definition) is 1. The van der Waals surface area contributed by atoms with Crippen LogP contribution in [0.3, 0.4) is 0 Å². The first-order chi connectivity index (χ1) is 8.10. The number of aromatic hydroxyl groups is 1. The van der Waals surface area contributed by atoms with Gasteiger partial charge in [0.05, 0.1) is 0 Å². The third-order valence-electron chi connectivity index (χ3n) is 3.08. The lowest BCUT2D eigenvalue weighted by Crippen LogP contribution is -1.97. The van der Waals surface area contributed by atoms with Crippen LogP contribution in [0.4, 0.5) is 8.78 Å². The average molecular weight is 236 g/mol. The van der Waals surface area contributed by atoms with Crippen molar-refractivity contribution in [2.24, 2.45) is 0 Å². The third kappa shape index (κ3) is 1.75. The maximum absolute atomic E-state index is 13.8. The minimum atomic E-state index is -0.639. The lowest BCUT2D eigenvalue weighted by molar-refractivity contribution is 0.430. The van der Waals surface area contributed by atoms with Gasteiger partial charge in [0, 0.05) is 0 Å². The van der Waals surface area contributed by atoms with Crippen molar-refractivity contribution in [1.29, 1.82) is 0 Å². The molecule has 0 aliphatic heterocycles. The highest BCUT2D eigenvalue weighted by Crippen LogP contribution is 2.33. The Morgan fingerprint density at radius 3 is 2.29 bits per heavy atom. The number of hydrogen-bond acceptors (Lipinski definition) is 1. The van der Waals surface area contributed by atoms with Crippen LogP contribution >= 0.6 is 0 Å². The second-order valence-corrected chi connectivity index (χ2v) is 4.02. The standard InChI is InChI=1S/C14H14F2O/c1-3-9-11(15)6-5-8-7-12(17)14(16)10(4-2)13(8)9/h5-7,17H,3-4H2,1-2H3. The van der Waals surface area contributed by atoms with Gasteiger partial charge in [0.15, 0.2) is 11.6 Å². The molecule has 0 bridgehead atoms. The highest BCUT2D eigenvalue weighted by Gasteiger charge is 2.16. The Balaban J connectivity index is 2.97. The van der Waals surface area contributed by atoms with E-state index in [0.29, 0.717) is 34.7 Å². The summed E-state index contributed by atoms with van der Waals surface area (Å²) in [6.45, 7) is 3.63. The van der Waals surface area contributed by atoms with E-state index in [0.717, 1.165) is 0 Å². The molecule has 1 nitrogen and oxygen atoms in total. The highest BCUT2D eigenvalue weighted by atomic mass is 19.1. The van der Waals surface area contributed by atoms with Crippen LogP contribution in [0.15, 0.2) is 18.2 Å². The van der Waals surface area contributed by atoms with Gasteiger partial charge >= 0.3 is 0 Å². The molecule has 0 saturated carbocycles. The summed E-state index contributed by atoms with van der Waals surface area (Å²) < 4.78 is 27.5. The fourth-order valence-electron chi connectivity index (χ4n) is 2.27. The zero-order valence-electron chi connectivity index (χ0n) is 9.85. The first kappa shape index (κ1) is 11.8. The van der Waals surface area contributed by atoms with Crippen LogP contribution in [0.5, 0.6) is 5.75 Å². The Morgan fingerprint density at radius 2 is 1.71 bits per heavy atom. The van der Waals surface area contributed by atoms with Gasteiger partial charge in [-0.3, -0.25) is 0 Å². The molecule has 1 N–H and O–H groups in total. The Hall–Kier alpha value is -1.64. The molecule has 3 heteroatoms. The largest absolute Gasteiger partial charge is 0.505 e. The summed E-state index contributed by atoms with van der Waals surface area (Å²) in [6.07, 6.45) is 0.924. The number of halogens is 2. The summed E-state index contributed by atoms with van der Waals surface area (Å²) in [7, 11) is 0. The summed E-state index contributed by atoms with van der Waals surface area (Å²) in [5.74, 6) is -1.33. The van der Waals surface area contributed by atoms with Crippen molar-refractivity contribution >= 4 is 10.8 Å². The SMILES string of the molecule is CCc1c(F)ccc2cc(O)c(F)c(CC)c12. The van der Waals surface area contributed by atoms with Crippen molar-refractivity contribution in [3.05, 3.63) is 41.0 Å². The molecule has 2 aromatic rings. The van der Waals surface area contributed by atoms with Crippen LogP contribution in [0.2, 0.25) is 0 Å². The van der Waals surface area contributed by atoms with Crippen LogP contribution < -0.4 is 0 Å². The predicted octanol–water partition coefficient (Wildman–Crippen LogP) is 3.95. The van der Waals surface area contributed by atoms with E-state index in [1.54, 1.807) is 13.0 Å². The van der Waals surface area contributed by atoms with E-state index in [9.17, 15) is 13.9 Å². The summed E-state index contributed by atoms with van der Waals surface area (Å²) >= 11 is 0. The first-order valence-electron chi connectivity index (χ1n) is 5.71. The van der Waals surface area contributed by atoms with Gasteiger partial charge in [0.1, 0.15) is 5.82 Å². The van der Waals surface area contributed by atoms with Gasteiger partial charge in [0.2, 0.25) is 0 Å². The van der Waals surface area contributed by atoms with Crippen LogP contribution in [-0.2, 0) is 12.8 Å². The molecular formula is C14H14F2O. The third-order valence-corrected chi connectivity index (χ3v) is 3.08. The van der Waals surface area contributed by atoms with E-state index in [4.69, 9.17) is 0 Å². The molecule has 0 saturated heterocycles. The van der Waals surface area contributed by atoms with Crippen LogP contribution in [0.1, 0.15) is 25.0 Å². The number of rotatable bonds is 2. The number of phenolic OH excluding ortho intramolecular Hbond substituents is 1. The van der Waals surface area contributed by atoms with Crippen LogP contribution in [0, 0.1) is 11.6 Å². The Kier molecular flexibility index (Phi) is 3.01. The molecule has 0 radical (unpaired) electrons. The zero-order valence-corrected chi connectivity index (χ0v) is 9.85. The van der Waals surface area contributed by atoms with Gasteiger partial charge in [-0.05, 0) is 46.9 Å². The molecule has 0 unspecified atom stereocenters. The molecule has 2 rings (SSSR count). The summed E-state index contributed by atoms with van der Waals surface area (Å²) in [4.78, 5) is 0. The smallest absolute Gasteiger partial charge is 0.168 e. The molecule has 0 spiro atoms. The Labute approximate surface area is 98.7 Å². The molecule has 0 aliphatic carbocycles. The molecule has 0 fully saturated rings. The molecule has 0 atom stereocenters. The van der Waals surface area contributed by atoms with Gasteiger partial charge in [-0.2, -0.15) is 0 Å². The molecule has 0 heterocycles. The number of benzene rings is 2. The molecule has 2 aromatic carbocycles. The first-order valence-corrected chi connectivity index (χ1v) is 5.71. The fourth-order valence-corrected chi connectivity index (χ4v) is 2.27. The minimum absolute atomic E-state index is 0.320. The number of aryl methyl sites for hydroxylation is 2. The van der Waals surface area contributed by atoms with Crippen molar-refractivity contribution in [1.82, 2.24) is 0 Å². The lowest BCUT2D eigenvalue weighted by atomic mass is 9.95. The van der Waals surface area contributed by atoms with Gasteiger partial charge < -0.3 is 5.11 Å². The Morgan fingerprint density at radius 1 is 1.06 bits per heavy atom. The molecule has 0 aromatic heterocycles. The van der Waals surface area contributed by atoms with Crippen molar-refractivity contribution in [2.45, 2.75) is 26.7 Å². The molecule has 17 heavy (non-hydrogen) atoms. The lowest BCUT2D eigenvalue weighted by Gasteiger charge is -2.12. The maximum atomic E-state index is 13.8. The van der Waals surface area contributed by atoms with Gasteiger partial charge in [-0.1, -0.05) is 19.9 Å². The van der Waals surface area contributed by atoms with E-state index in [2.05, 4.69) is 0 Å². The number of fused-ring (bicyclic) bond motifs is 1. The molecule has 0 amide bonds. The molecule has 90 valence electrons. The average Bonchev–Trinajstić information content (AvgIpc) is 2.32. The summed E-state index contributed by atoms with van der Waals surface area (Å²) in [5, 5.41) is 10.8. The van der Waals surface area contributed by atoms with E-state index >= 15 is 0 Å². The van der Waals surface area contributed by atoms with E-state index in [1.165, 1.54) is 12.1 Å². The topological polar surface area (TPSA) is 20.2 Å². The Bertz CT molecular complexity index is 576. The van der Waals surface area contributed by atoms with Crippen molar-refractivity contribution in [3.63, 3.8) is 0 Å². The zero-order chi connectivity index (χ0) is 12.6. The van der Waals surface area contributed by atoms with Gasteiger partial charge in [-0.15, -0.1) is 0 Å². The van der Waals surface area contributed by atoms with Gasteiger partial charge in [0.25, 0.3) is 0 Å². The predicted molar refractivity (Wildman–Crippen MR) is 64.3 cm³/mol. The normalized spacial score (nSPS) is 11.1. The van der Waals surface area contributed by atoms with Crippen molar-refractivity contribution in [3.8, 4) is 5.75 Å². The van der Waals surface area contributed by atoms with E-state index in [1.807, 2.05) is 6.92 Å². The van der Waals surface area contributed by atoms with Gasteiger partial charge in [-0.25, -0.2) is 8.78 Å². The summed E-state index contributed by atoms with van der Waals surface area (Å²) in [5.41, 5.74) is 0.898. The second-order valence-electron chi connectivity index (χ2n) is 4.02. The molecular weight excluding hydrogens is 222 g/mol. The van der Waals surface area contributed by atoms with E-state index < -0.39 is 5.82 Å². The molecule has 0 aliphatic rings. The van der Waals surface area contributed by atoms with Crippen molar-refractivity contribution in [2.75, 3.05) is 0 Å². The fraction of sp³-hybridized carbons (Fsp3) is 0.286. The highest BCUT2D eigenvalue weighted by molar-refractivity contribution is 5.90. The maximum Gasteiger partial charge on any atom is 0.168 e. The van der Waals surface area contributed by atoms with Crippen LogP contribution in [0.25, 0.3) is 10.8 Å².